The van der Waals surface area contributed by atoms with Gasteiger partial charge in [0.15, 0.2) is 0 Å². The van der Waals surface area contributed by atoms with Gasteiger partial charge < -0.3 is 15.2 Å². The van der Waals surface area contributed by atoms with E-state index >= 15 is 0 Å². The summed E-state index contributed by atoms with van der Waals surface area (Å²) in [4.78, 5) is 12.3. The first kappa shape index (κ1) is 19.6. The van der Waals surface area contributed by atoms with Crippen molar-refractivity contribution in [1.82, 2.24) is 0 Å². The number of halogens is 1. The Morgan fingerprint density at radius 2 is 2.09 bits per heavy atom. The van der Waals surface area contributed by atoms with E-state index in [0.29, 0.717) is 18.4 Å². The molecule has 130 valence electrons. The maximum atomic E-state index is 13.5. The molecular formula is C18H28FNO3. The Bertz CT molecular complexity index is 521. The van der Waals surface area contributed by atoms with Crippen molar-refractivity contribution in [3.05, 3.63) is 35.1 Å². The number of carbonyl (C=O) groups excluding carboxylic acids is 1. The lowest BCUT2D eigenvalue weighted by atomic mass is 9.85. The van der Waals surface area contributed by atoms with Gasteiger partial charge in [-0.05, 0) is 37.5 Å². The van der Waals surface area contributed by atoms with Crippen molar-refractivity contribution < 1.29 is 18.7 Å². The first-order valence-electron chi connectivity index (χ1n) is 8.12. The van der Waals surface area contributed by atoms with Crippen LogP contribution < -0.4 is 5.73 Å². The lowest BCUT2D eigenvalue weighted by Crippen LogP contribution is -2.50. The normalized spacial score (nSPS) is 15.0. The summed E-state index contributed by atoms with van der Waals surface area (Å²) in [6.45, 7) is 5.79. The summed E-state index contributed by atoms with van der Waals surface area (Å²) in [6, 6.07) is 4.81. The molecule has 2 N–H and O–H groups in total. The van der Waals surface area contributed by atoms with E-state index in [1.807, 2.05) is 6.92 Å². The van der Waals surface area contributed by atoms with Gasteiger partial charge in [0.2, 0.25) is 0 Å². The summed E-state index contributed by atoms with van der Waals surface area (Å²) in [5.41, 5.74) is 6.61. The summed E-state index contributed by atoms with van der Waals surface area (Å²) in [5.74, 6) is -0.673. The highest BCUT2D eigenvalue weighted by atomic mass is 19.1. The van der Waals surface area contributed by atoms with E-state index in [1.165, 1.54) is 6.07 Å². The number of carbonyl (C=O) groups is 1. The van der Waals surface area contributed by atoms with E-state index in [-0.39, 0.29) is 18.5 Å². The molecule has 23 heavy (non-hydrogen) atoms. The van der Waals surface area contributed by atoms with Crippen LogP contribution in [0.1, 0.15) is 56.8 Å². The predicted octanol–water partition coefficient (Wildman–Crippen LogP) is 3.66. The van der Waals surface area contributed by atoms with Crippen LogP contribution in [-0.4, -0.2) is 25.2 Å². The minimum absolute atomic E-state index is 0.265. The zero-order valence-corrected chi connectivity index (χ0v) is 14.5. The molecule has 0 aliphatic carbocycles. The van der Waals surface area contributed by atoms with Crippen LogP contribution in [0.25, 0.3) is 0 Å². The average molecular weight is 325 g/mol. The molecule has 0 aliphatic rings. The molecule has 0 bridgehead atoms. The van der Waals surface area contributed by atoms with Crippen LogP contribution in [0.3, 0.4) is 0 Å². The first-order valence-corrected chi connectivity index (χ1v) is 8.12. The third-order valence-electron chi connectivity index (χ3n) is 4.05. The lowest BCUT2D eigenvalue weighted by Gasteiger charge is -2.31. The van der Waals surface area contributed by atoms with E-state index in [0.717, 1.165) is 18.4 Å². The third-order valence-corrected chi connectivity index (χ3v) is 4.05. The molecule has 0 saturated carbocycles. The minimum atomic E-state index is -1.10. The van der Waals surface area contributed by atoms with Crippen LogP contribution in [-0.2, 0) is 14.3 Å². The van der Waals surface area contributed by atoms with Crippen molar-refractivity contribution in [1.29, 1.82) is 0 Å². The zero-order valence-electron chi connectivity index (χ0n) is 14.5. The van der Waals surface area contributed by atoms with E-state index in [9.17, 15) is 9.18 Å². The third kappa shape index (κ3) is 5.29. The Labute approximate surface area is 138 Å². The highest BCUT2D eigenvalue weighted by Crippen LogP contribution is 2.30. The number of unbranched alkanes of at least 4 members (excludes halogenated alkanes) is 1. The van der Waals surface area contributed by atoms with Gasteiger partial charge in [0.1, 0.15) is 11.4 Å². The van der Waals surface area contributed by atoms with Gasteiger partial charge in [-0.15, -0.1) is 0 Å². The Morgan fingerprint density at radius 3 is 2.61 bits per heavy atom. The summed E-state index contributed by atoms with van der Waals surface area (Å²) in [6.07, 6.45) is 2.20. The molecule has 1 rings (SSSR count). The molecule has 0 aromatic heterocycles. The Balaban J connectivity index is 3.01. The van der Waals surface area contributed by atoms with Crippen LogP contribution >= 0.6 is 0 Å². The van der Waals surface area contributed by atoms with Crippen molar-refractivity contribution in [3.8, 4) is 0 Å². The molecule has 5 heteroatoms. The second-order valence-corrected chi connectivity index (χ2v) is 5.92. The maximum Gasteiger partial charge on any atom is 0.326 e. The number of methoxy groups -OCH3 is 1. The highest BCUT2D eigenvalue weighted by Gasteiger charge is 2.38. The number of esters is 1. The predicted molar refractivity (Wildman–Crippen MR) is 88.6 cm³/mol. The summed E-state index contributed by atoms with van der Waals surface area (Å²) < 4.78 is 24.1. The zero-order chi connectivity index (χ0) is 17.5. The van der Waals surface area contributed by atoms with Crippen molar-refractivity contribution in [3.63, 3.8) is 0 Å². The maximum absolute atomic E-state index is 13.5. The molecular weight excluding hydrogens is 297 g/mol. The number of nitrogens with two attached hydrogens (primary N) is 1. The van der Waals surface area contributed by atoms with Gasteiger partial charge in [0.05, 0.1) is 12.7 Å². The minimum Gasteiger partial charge on any atom is -0.465 e. The second-order valence-electron chi connectivity index (χ2n) is 5.92. The number of benzene rings is 1. The number of aryl methyl sites for hydroxylation is 1. The molecule has 0 radical (unpaired) electrons. The molecule has 1 aromatic rings. The molecule has 1 aromatic carbocycles. The number of ether oxygens (including phenoxy) is 2. The smallest absolute Gasteiger partial charge is 0.326 e. The standard InChI is InChI=1S/C18H28FNO3/c1-5-7-10-18(20,17(21)23-6-2)12-16(22-4)14-8-9-15(19)13(3)11-14/h8-9,11,16H,5-7,10,12,20H2,1-4H3. The molecule has 4 nitrogen and oxygen atoms in total. The lowest BCUT2D eigenvalue weighted by molar-refractivity contribution is -0.151. The van der Waals surface area contributed by atoms with Gasteiger partial charge >= 0.3 is 5.97 Å². The van der Waals surface area contributed by atoms with Crippen LogP contribution in [0.2, 0.25) is 0 Å². The molecule has 0 saturated heterocycles. The van der Waals surface area contributed by atoms with Gasteiger partial charge in [0, 0.05) is 13.5 Å². The fourth-order valence-electron chi connectivity index (χ4n) is 2.59. The van der Waals surface area contributed by atoms with Crippen LogP contribution in [0.4, 0.5) is 4.39 Å². The number of hydrogen-bond donors (Lipinski definition) is 1. The fourth-order valence-corrected chi connectivity index (χ4v) is 2.59. The average Bonchev–Trinajstić information content (AvgIpc) is 2.53. The monoisotopic (exact) mass is 325 g/mol. The van der Waals surface area contributed by atoms with Gasteiger partial charge in [-0.25, -0.2) is 4.39 Å². The van der Waals surface area contributed by atoms with Crippen molar-refractivity contribution >= 4 is 5.97 Å². The molecule has 0 aliphatic heterocycles. The van der Waals surface area contributed by atoms with Gasteiger partial charge in [-0.1, -0.05) is 31.9 Å². The van der Waals surface area contributed by atoms with E-state index in [2.05, 4.69) is 0 Å². The summed E-state index contributed by atoms with van der Waals surface area (Å²) in [7, 11) is 1.56. The summed E-state index contributed by atoms with van der Waals surface area (Å²) in [5, 5.41) is 0. The second kappa shape index (κ2) is 8.99. The summed E-state index contributed by atoms with van der Waals surface area (Å²) >= 11 is 0. The van der Waals surface area contributed by atoms with Gasteiger partial charge in [-0.3, -0.25) is 4.79 Å². The number of hydrogen-bond acceptors (Lipinski definition) is 4. The van der Waals surface area contributed by atoms with E-state index in [4.69, 9.17) is 15.2 Å². The van der Waals surface area contributed by atoms with Gasteiger partial charge in [-0.2, -0.15) is 0 Å². The van der Waals surface area contributed by atoms with Crippen molar-refractivity contribution in [2.75, 3.05) is 13.7 Å². The molecule has 2 atom stereocenters. The molecule has 2 unspecified atom stereocenters. The fraction of sp³-hybridized carbons (Fsp3) is 0.611. The van der Waals surface area contributed by atoms with Crippen LogP contribution in [0, 0.1) is 12.7 Å². The molecule has 0 heterocycles. The van der Waals surface area contributed by atoms with Crippen molar-refractivity contribution in [2.45, 2.75) is 58.1 Å². The SMILES string of the molecule is CCCCC(N)(CC(OC)c1ccc(F)c(C)c1)C(=O)OCC. The molecule has 0 fully saturated rings. The van der Waals surface area contributed by atoms with Gasteiger partial charge in [0.25, 0.3) is 0 Å². The Kier molecular flexibility index (Phi) is 7.65. The largest absolute Gasteiger partial charge is 0.465 e. The molecule has 0 amide bonds. The molecule has 0 spiro atoms. The first-order chi connectivity index (χ1) is 10.9. The van der Waals surface area contributed by atoms with Crippen LogP contribution in [0.5, 0.6) is 0 Å². The van der Waals surface area contributed by atoms with Crippen molar-refractivity contribution in [2.24, 2.45) is 5.73 Å². The van der Waals surface area contributed by atoms with E-state index < -0.39 is 11.5 Å². The number of rotatable bonds is 9. The highest BCUT2D eigenvalue weighted by molar-refractivity contribution is 5.80. The Morgan fingerprint density at radius 1 is 1.39 bits per heavy atom. The van der Waals surface area contributed by atoms with E-state index in [1.54, 1.807) is 33.1 Å². The quantitative estimate of drug-likeness (QED) is 0.704. The Hall–Kier alpha value is -1.46. The van der Waals surface area contributed by atoms with Crippen LogP contribution in [0.15, 0.2) is 18.2 Å². The topological polar surface area (TPSA) is 61.5 Å².